The Morgan fingerprint density at radius 1 is 1.14 bits per heavy atom. The summed E-state index contributed by atoms with van der Waals surface area (Å²) >= 11 is 3.28. The van der Waals surface area contributed by atoms with E-state index in [-0.39, 0.29) is 23.5 Å². The van der Waals surface area contributed by atoms with Crippen molar-refractivity contribution in [1.29, 1.82) is 0 Å². The lowest BCUT2D eigenvalue weighted by atomic mass is 9.97. The van der Waals surface area contributed by atoms with Gasteiger partial charge in [0.25, 0.3) is 0 Å². The number of aliphatic imine (C=N–C) groups is 1. The summed E-state index contributed by atoms with van der Waals surface area (Å²) in [5.74, 6) is -1.41. The van der Waals surface area contributed by atoms with Gasteiger partial charge in [0.2, 0.25) is 6.08 Å². The van der Waals surface area contributed by atoms with Gasteiger partial charge in [-0.25, -0.2) is 4.79 Å². The van der Waals surface area contributed by atoms with Gasteiger partial charge in [0, 0.05) is 15.6 Å². The minimum Gasteiger partial charge on any atom is -0.481 e. The lowest BCUT2D eigenvalue weighted by molar-refractivity contribution is -0.136. The summed E-state index contributed by atoms with van der Waals surface area (Å²) < 4.78 is 0.829. The summed E-state index contributed by atoms with van der Waals surface area (Å²) in [5, 5.41) is 8.91. The van der Waals surface area contributed by atoms with Gasteiger partial charge in [0.1, 0.15) is 0 Å². The van der Waals surface area contributed by atoms with E-state index in [0.29, 0.717) is 11.1 Å². The van der Waals surface area contributed by atoms with E-state index in [4.69, 9.17) is 5.11 Å². The summed E-state index contributed by atoms with van der Waals surface area (Å²) in [6.07, 6.45) is 1.04. The summed E-state index contributed by atoms with van der Waals surface area (Å²) in [5.41, 5.74) is 0.925. The molecule has 0 aliphatic heterocycles. The van der Waals surface area contributed by atoms with Crippen LogP contribution in [0.3, 0.4) is 0 Å². The van der Waals surface area contributed by atoms with Crippen molar-refractivity contribution in [1.82, 2.24) is 0 Å². The van der Waals surface area contributed by atoms with Gasteiger partial charge in [-0.2, -0.15) is 4.99 Å². The Morgan fingerprint density at radius 2 is 1.82 bits per heavy atom. The Morgan fingerprint density at radius 3 is 2.41 bits per heavy atom. The van der Waals surface area contributed by atoms with Crippen LogP contribution < -0.4 is 0 Å². The molecule has 2 aromatic carbocycles. The molecule has 0 aromatic heterocycles. The number of carbonyl (C=O) groups excluding carboxylic acids is 2. The summed E-state index contributed by atoms with van der Waals surface area (Å²) in [4.78, 5) is 37.6. The van der Waals surface area contributed by atoms with Crippen molar-refractivity contribution in [2.24, 2.45) is 4.99 Å². The number of nitrogens with zero attached hydrogens (tertiary/aromatic N) is 1. The lowest BCUT2D eigenvalue weighted by Gasteiger charge is -2.08. The van der Waals surface area contributed by atoms with Crippen LogP contribution in [0.15, 0.2) is 51.9 Å². The number of hydrogen-bond acceptors (Lipinski definition) is 4. The van der Waals surface area contributed by atoms with E-state index < -0.39 is 5.97 Å². The SMILES string of the molecule is O=C=Nc1c(CC(=O)O)cccc1C(=O)c1ccc(Br)cc1. The minimum absolute atomic E-state index is 0.0489. The Balaban J connectivity index is 2.54. The molecular weight excluding hydrogens is 350 g/mol. The van der Waals surface area contributed by atoms with Gasteiger partial charge in [-0.15, -0.1) is 0 Å². The van der Waals surface area contributed by atoms with E-state index in [0.717, 1.165) is 4.47 Å². The number of halogens is 1. The van der Waals surface area contributed by atoms with Crippen LogP contribution in [-0.4, -0.2) is 22.9 Å². The van der Waals surface area contributed by atoms with Gasteiger partial charge in [-0.1, -0.05) is 28.1 Å². The van der Waals surface area contributed by atoms with Crippen molar-refractivity contribution in [3.63, 3.8) is 0 Å². The quantitative estimate of drug-likeness (QED) is 0.504. The molecule has 0 heterocycles. The first kappa shape index (κ1) is 15.8. The second kappa shape index (κ2) is 6.93. The summed E-state index contributed by atoms with van der Waals surface area (Å²) in [7, 11) is 0. The number of carboxylic acid groups (broad SMARTS) is 1. The molecule has 0 radical (unpaired) electrons. The van der Waals surface area contributed by atoms with Crippen LogP contribution in [0, 0.1) is 0 Å². The number of benzene rings is 2. The number of ketones is 1. The van der Waals surface area contributed by atoms with Crippen molar-refractivity contribution in [2.45, 2.75) is 6.42 Å². The molecule has 2 rings (SSSR count). The van der Waals surface area contributed by atoms with Crippen molar-refractivity contribution < 1.29 is 19.5 Å². The van der Waals surface area contributed by atoms with Gasteiger partial charge in [0.05, 0.1) is 12.1 Å². The van der Waals surface area contributed by atoms with Crippen LogP contribution in [-0.2, 0) is 16.0 Å². The van der Waals surface area contributed by atoms with E-state index in [1.54, 1.807) is 30.3 Å². The molecule has 2 aromatic rings. The van der Waals surface area contributed by atoms with E-state index in [2.05, 4.69) is 20.9 Å². The zero-order valence-corrected chi connectivity index (χ0v) is 12.8. The molecule has 1 N–H and O–H groups in total. The van der Waals surface area contributed by atoms with Crippen molar-refractivity contribution in [3.05, 3.63) is 63.6 Å². The molecule has 0 unspecified atom stereocenters. The van der Waals surface area contributed by atoms with Gasteiger partial charge in [-0.05, 0) is 35.9 Å². The Kier molecular flexibility index (Phi) is 4.99. The fourth-order valence-corrected chi connectivity index (χ4v) is 2.28. The molecule has 0 aliphatic rings. The highest BCUT2D eigenvalue weighted by molar-refractivity contribution is 9.10. The predicted molar refractivity (Wildman–Crippen MR) is 83.1 cm³/mol. The maximum atomic E-state index is 12.5. The van der Waals surface area contributed by atoms with Gasteiger partial charge < -0.3 is 5.11 Å². The molecule has 0 spiro atoms. The molecule has 6 heteroatoms. The largest absolute Gasteiger partial charge is 0.481 e. The third-order valence-electron chi connectivity index (χ3n) is 2.97. The van der Waals surface area contributed by atoms with Gasteiger partial charge in [0.15, 0.2) is 5.78 Å². The molecule has 5 nitrogen and oxygen atoms in total. The van der Waals surface area contributed by atoms with Crippen LogP contribution in [0.4, 0.5) is 5.69 Å². The molecular formula is C16H10BrNO4. The summed E-state index contributed by atoms with van der Waals surface area (Å²) in [6.45, 7) is 0. The van der Waals surface area contributed by atoms with Crippen molar-refractivity contribution in [2.75, 3.05) is 0 Å². The second-order valence-corrected chi connectivity index (χ2v) is 5.34. The smallest absolute Gasteiger partial charge is 0.307 e. The second-order valence-electron chi connectivity index (χ2n) is 4.42. The van der Waals surface area contributed by atoms with Crippen LogP contribution >= 0.6 is 15.9 Å². The first-order chi connectivity index (χ1) is 10.5. The first-order valence-corrected chi connectivity index (χ1v) is 7.04. The highest BCUT2D eigenvalue weighted by Gasteiger charge is 2.17. The monoisotopic (exact) mass is 359 g/mol. The van der Waals surface area contributed by atoms with Crippen molar-refractivity contribution in [3.8, 4) is 0 Å². The number of hydrogen-bond donors (Lipinski definition) is 1. The maximum Gasteiger partial charge on any atom is 0.307 e. The minimum atomic E-state index is -1.07. The fourth-order valence-electron chi connectivity index (χ4n) is 2.01. The Hall–Kier alpha value is -2.56. The molecule has 0 fully saturated rings. The van der Waals surface area contributed by atoms with E-state index in [1.165, 1.54) is 18.2 Å². The first-order valence-electron chi connectivity index (χ1n) is 6.24. The number of isocyanates is 1. The topological polar surface area (TPSA) is 83.8 Å². The average molecular weight is 360 g/mol. The highest BCUT2D eigenvalue weighted by Crippen LogP contribution is 2.27. The number of carboxylic acids is 1. The van der Waals surface area contributed by atoms with E-state index >= 15 is 0 Å². The van der Waals surface area contributed by atoms with Crippen LogP contribution in [0.5, 0.6) is 0 Å². The third kappa shape index (κ3) is 3.55. The number of rotatable bonds is 5. The predicted octanol–water partition coefficient (Wildman–Crippen LogP) is 3.27. The molecule has 0 saturated heterocycles. The number of aliphatic carboxylic acids is 1. The van der Waals surface area contributed by atoms with Gasteiger partial charge in [-0.3, -0.25) is 9.59 Å². The standard InChI is InChI=1S/C16H10BrNO4/c17-12-6-4-10(5-7-12)16(22)13-3-1-2-11(8-14(20)21)15(13)18-9-19/h1-7H,8H2,(H,20,21). The van der Waals surface area contributed by atoms with Crippen LogP contribution in [0.2, 0.25) is 0 Å². The normalized spacial score (nSPS) is 9.86. The van der Waals surface area contributed by atoms with Crippen LogP contribution in [0.1, 0.15) is 21.5 Å². The molecule has 22 heavy (non-hydrogen) atoms. The highest BCUT2D eigenvalue weighted by atomic mass is 79.9. The number of para-hydroxylation sites is 1. The Bertz CT molecular complexity index is 777. The maximum absolute atomic E-state index is 12.5. The Labute approximate surface area is 134 Å². The average Bonchev–Trinajstić information content (AvgIpc) is 2.49. The van der Waals surface area contributed by atoms with E-state index in [1.807, 2.05) is 0 Å². The molecule has 0 atom stereocenters. The fraction of sp³-hybridized carbons (Fsp3) is 0.0625. The zero-order chi connectivity index (χ0) is 16.1. The lowest BCUT2D eigenvalue weighted by Crippen LogP contribution is -2.06. The van der Waals surface area contributed by atoms with Crippen molar-refractivity contribution >= 4 is 39.4 Å². The molecule has 0 saturated carbocycles. The molecule has 0 amide bonds. The summed E-state index contributed by atoms with van der Waals surface area (Å²) in [6, 6.07) is 11.3. The molecule has 110 valence electrons. The zero-order valence-electron chi connectivity index (χ0n) is 11.2. The van der Waals surface area contributed by atoms with Gasteiger partial charge >= 0.3 is 5.97 Å². The molecule has 0 aliphatic carbocycles. The third-order valence-corrected chi connectivity index (χ3v) is 3.50. The number of carbonyl (C=O) groups is 2. The van der Waals surface area contributed by atoms with Crippen LogP contribution in [0.25, 0.3) is 0 Å². The molecule has 0 bridgehead atoms. The van der Waals surface area contributed by atoms with E-state index in [9.17, 15) is 14.4 Å².